The molecule has 2 aromatic carbocycles. The Labute approximate surface area is 121 Å². The van der Waals surface area contributed by atoms with Crippen LogP contribution in [-0.4, -0.2) is 27.3 Å². The molecule has 7 heteroatoms. The number of anilines is 2. The van der Waals surface area contributed by atoms with E-state index in [1.807, 2.05) is 24.3 Å². The first-order chi connectivity index (χ1) is 10.2. The molecule has 0 saturated heterocycles. The van der Waals surface area contributed by atoms with Gasteiger partial charge in [-0.3, -0.25) is 0 Å². The molecule has 0 amide bonds. The predicted octanol–water partition coefficient (Wildman–Crippen LogP) is 1.50. The van der Waals surface area contributed by atoms with Gasteiger partial charge in [-0.15, -0.1) is 5.10 Å². The van der Waals surface area contributed by atoms with Crippen LogP contribution in [-0.2, 0) is 0 Å². The van der Waals surface area contributed by atoms with Gasteiger partial charge in [0.2, 0.25) is 0 Å². The molecular weight excluding hydrogens is 268 g/mol. The van der Waals surface area contributed by atoms with Crippen molar-refractivity contribution in [1.82, 2.24) is 20.2 Å². The zero-order valence-corrected chi connectivity index (χ0v) is 11.4. The molecule has 3 aromatic rings. The molecule has 1 heterocycles. The Kier molecular flexibility index (Phi) is 3.15. The first-order valence-electron chi connectivity index (χ1n) is 6.27. The molecule has 0 unspecified atom stereocenters. The van der Waals surface area contributed by atoms with Gasteiger partial charge in [-0.2, -0.15) is 4.68 Å². The molecule has 106 valence electrons. The van der Waals surface area contributed by atoms with E-state index in [0.29, 0.717) is 22.9 Å². The van der Waals surface area contributed by atoms with Crippen molar-refractivity contribution < 1.29 is 4.74 Å². The molecule has 0 bridgehead atoms. The van der Waals surface area contributed by atoms with Crippen LogP contribution in [0.3, 0.4) is 0 Å². The van der Waals surface area contributed by atoms with Crippen LogP contribution < -0.4 is 16.2 Å². The Morgan fingerprint density at radius 2 is 1.76 bits per heavy atom. The Morgan fingerprint density at radius 3 is 2.48 bits per heavy atom. The van der Waals surface area contributed by atoms with Gasteiger partial charge in [-0.1, -0.05) is 12.1 Å². The van der Waals surface area contributed by atoms with Gasteiger partial charge in [0.25, 0.3) is 0 Å². The van der Waals surface area contributed by atoms with Gasteiger partial charge < -0.3 is 16.2 Å². The summed E-state index contributed by atoms with van der Waals surface area (Å²) in [5, 5.41) is 11.8. The van der Waals surface area contributed by atoms with E-state index in [1.54, 1.807) is 30.0 Å². The van der Waals surface area contributed by atoms with Crippen LogP contribution in [0.25, 0.3) is 17.1 Å². The number of hydrogen-bond acceptors (Lipinski definition) is 6. The maximum Gasteiger partial charge on any atom is 0.187 e. The van der Waals surface area contributed by atoms with Crippen molar-refractivity contribution in [2.24, 2.45) is 0 Å². The van der Waals surface area contributed by atoms with Gasteiger partial charge >= 0.3 is 0 Å². The van der Waals surface area contributed by atoms with E-state index >= 15 is 0 Å². The average molecular weight is 282 g/mol. The van der Waals surface area contributed by atoms with Gasteiger partial charge in [0, 0.05) is 16.9 Å². The van der Waals surface area contributed by atoms with Gasteiger partial charge in [0.1, 0.15) is 11.4 Å². The van der Waals surface area contributed by atoms with E-state index in [9.17, 15) is 0 Å². The maximum atomic E-state index is 5.83. The highest BCUT2D eigenvalue weighted by Crippen LogP contribution is 2.28. The molecule has 7 nitrogen and oxygen atoms in total. The molecule has 21 heavy (non-hydrogen) atoms. The number of methoxy groups -OCH3 is 1. The quantitative estimate of drug-likeness (QED) is 0.705. The van der Waals surface area contributed by atoms with Crippen LogP contribution in [0.2, 0.25) is 0 Å². The smallest absolute Gasteiger partial charge is 0.187 e. The lowest BCUT2D eigenvalue weighted by Crippen LogP contribution is -2.03. The molecular formula is C14H14N6O. The van der Waals surface area contributed by atoms with Crippen molar-refractivity contribution in [1.29, 1.82) is 0 Å². The Balaban J connectivity index is 2.17. The summed E-state index contributed by atoms with van der Waals surface area (Å²) >= 11 is 0. The normalized spacial score (nSPS) is 10.5. The van der Waals surface area contributed by atoms with Crippen LogP contribution >= 0.6 is 0 Å². The van der Waals surface area contributed by atoms with Crippen molar-refractivity contribution >= 4 is 11.4 Å². The molecule has 0 fully saturated rings. The number of nitrogen functional groups attached to an aromatic ring is 2. The summed E-state index contributed by atoms with van der Waals surface area (Å²) in [5.74, 6) is 1.21. The van der Waals surface area contributed by atoms with Crippen molar-refractivity contribution in [3.8, 4) is 22.8 Å². The molecule has 0 aliphatic rings. The second-order valence-corrected chi connectivity index (χ2v) is 4.47. The highest BCUT2D eigenvalue weighted by Gasteiger charge is 2.14. The summed E-state index contributed by atoms with van der Waals surface area (Å²) in [4.78, 5) is 0. The van der Waals surface area contributed by atoms with Crippen LogP contribution in [0.5, 0.6) is 5.75 Å². The lowest BCUT2D eigenvalue weighted by atomic mass is 10.1. The van der Waals surface area contributed by atoms with Crippen LogP contribution in [0.15, 0.2) is 42.5 Å². The standard InChI is InChI=1S/C14H14N6O/c1-21-13-5-3-2-4-12(13)20-14(17-18-19-20)9-6-10(15)8-11(16)7-9/h2-8H,15-16H2,1H3. The van der Waals surface area contributed by atoms with Gasteiger partial charge in [-0.05, 0) is 40.8 Å². The van der Waals surface area contributed by atoms with Crippen molar-refractivity contribution in [3.63, 3.8) is 0 Å². The van der Waals surface area contributed by atoms with Crippen LogP contribution in [0.4, 0.5) is 11.4 Å². The first-order valence-corrected chi connectivity index (χ1v) is 6.27. The zero-order valence-electron chi connectivity index (χ0n) is 11.4. The molecule has 0 atom stereocenters. The lowest BCUT2D eigenvalue weighted by Gasteiger charge is -2.10. The molecule has 0 saturated carbocycles. The Morgan fingerprint density at radius 1 is 1.05 bits per heavy atom. The Hall–Kier alpha value is -3.09. The maximum absolute atomic E-state index is 5.83. The predicted molar refractivity (Wildman–Crippen MR) is 80.0 cm³/mol. The third-order valence-electron chi connectivity index (χ3n) is 3.02. The number of para-hydroxylation sites is 2. The van der Waals surface area contributed by atoms with E-state index < -0.39 is 0 Å². The van der Waals surface area contributed by atoms with Gasteiger partial charge in [0.15, 0.2) is 5.82 Å². The summed E-state index contributed by atoms with van der Waals surface area (Å²) in [6.45, 7) is 0. The number of nitrogens with zero attached hydrogens (tertiary/aromatic N) is 4. The highest BCUT2D eigenvalue weighted by atomic mass is 16.5. The van der Waals surface area contributed by atoms with Crippen LogP contribution in [0, 0.1) is 0 Å². The fraction of sp³-hybridized carbons (Fsp3) is 0.0714. The average Bonchev–Trinajstić information content (AvgIpc) is 2.95. The fourth-order valence-corrected chi connectivity index (χ4v) is 2.14. The third kappa shape index (κ3) is 2.36. The SMILES string of the molecule is COc1ccccc1-n1nnnc1-c1cc(N)cc(N)c1. The number of aromatic nitrogens is 4. The van der Waals surface area contributed by atoms with E-state index in [0.717, 1.165) is 11.3 Å². The van der Waals surface area contributed by atoms with Gasteiger partial charge in [-0.25, -0.2) is 0 Å². The van der Waals surface area contributed by atoms with Crippen molar-refractivity contribution in [2.45, 2.75) is 0 Å². The number of benzene rings is 2. The van der Waals surface area contributed by atoms with E-state index in [-0.39, 0.29) is 0 Å². The fourth-order valence-electron chi connectivity index (χ4n) is 2.14. The minimum Gasteiger partial charge on any atom is -0.494 e. The second kappa shape index (κ2) is 5.12. The first kappa shape index (κ1) is 12.9. The number of hydrogen-bond donors (Lipinski definition) is 2. The van der Waals surface area contributed by atoms with Gasteiger partial charge in [0.05, 0.1) is 7.11 Å². The lowest BCUT2D eigenvalue weighted by molar-refractivity contribution is 0.411. The molecule has 0 aliphatic heterocycles. The summed E-state index contributed by atoms with van der Waals surface area (Å²) in [7, 11) is 1.60. The number of nitrogens with two attached hydrogens (primary N) is 2. The Bertz CT molecular complexity index is 762. The summed E-state index contributed by atoms with van der Waals surface area (Å²) in [5.41, 5.74) is 14.2. The van der Waals surface area contributed by atoms with E-state index in [4.69, 9.17) is 16.2 Å². The minimum absolute atomic E-state index is 0.540. The minimum atomic E-state index is 0.540. The van der Waals surface area contributed by atoms with E-state index in [2.05, 4.69) is 15.5 Å². The zero-order chi connectivity index (χ0) is 14.8. The van der Waals surface area contributed by atoms with Crippen LogP contribution in [0.1, 0.15) is 0 Å². The largest absolute Gasteiger partial charge is 0.494 e. The highest BCUT2D eigenvalue weighted by molar-refractivity contribution is 5.69. The molecule has 0 radical (unpaired) electrons. The molecule has 3 rings (SSSR count). The topological polar surface area (TPSA) is 105 Å². The number of ether oxygens (including phenoxy) is 1. The number of tetrazole rings is 1. The summed E-state index contributed by atoms with van der Waals surface area (Å²) in [6, 6.07) is 12.7. The van der Waals surface area contributed by atoms with Crippen molar-refractivity contribution in [3.05, 3.63) is 42.5 Å². The third-order valence-corrected chi connectivity index (χ3v) is 3.02. The molecule has 1 aromatic heterocycles. The summed E-state index contributed by atoms with van der Waals surface area (Å²) in [6.07, 6.45) is 0. The molecule has 0 spiro atoms. The second-order valence-electron chi connectivity index (χ2n) is 4.47. The van der Waals surface area contributed by atoms with Crippen molar-refractivity contribution in [2.75, 3.05) is 18.6 Å². The molecule has 4 N–H and O–H groups in total. The molecule has 0 aliphatic carbocycles. The van der Waals surface area contributed by atoms with E-state index in [1.165, 1.54) is 0 Å². The monoisotopic (exact) mass is 282 g/mol. The number of rotatable bonds is 3. The summed E-state index contributed by atoms with van der Waals surface area (Å²) < 4.78 is 6.93.